The van der Waals surface area contributed by atoms with E-state index in [2.05, 4.69) is 17.6 Å². The van der Waals surface area contributed by atoms with E-state index in [9.17, 15) is 9.59 Å². The van der Waals surface area contributed by atoms with Crippen molar-refractivity contribution in [2.45, 2.75) is 26.7 Å². The fourth-order valence-electron chi connectivity index (χ4n) is 3.24. The van der Waals surface area contributed by atoms with Crippen molar-refractivity contribution in [3.63, 3.8) is 0 Å². The maximum atomic E-state index is 12.9. The van der Waals surface area contributed by atoms with Gasteiger partial charge in [0.05, 0.1) is 19.9 Å². The number of amides is 2. The van der Waals surface area contributed by atoms with Crippen LogP contribution in [0.3, 0.4) is 0 Å². The molecule has 1 aromatic rings. The van der Waals surface area contributed by atoms with Crippen molar-refractivity contribution in [1.29, 1.82) is 0 Å². The number of nitrogens with zero attached hydrogens (tertiary/aromatic N) is 1. The molecule has 27 heavy (non-hydrogen) atoms. The van der Waals surface area contributed by atoms with Gasteiger partial charge < -0.3 is 25.0 Å². The van der Waals surface area contributed by atoms with Gasteiger partial charge in [-0.15, -0.1) is 12.4 Å². The van der Waals surface area contributed by atoms with Gasteiger partial charge in [-0.1, -0.05) is 6.92 Å². The molecule has 2 amide bonds. The fraction of sp³-hybridized carbons (Fsp3) is 0.579. The van der Waals surface area contributed by atoms with Crippen LogP contribution >= 0.6 is 12.4 Å². The Morgan fingerprint density at radius 1 is 1.19 bits per heavy atom. The molecule has 152 valence electrons. The minimum atomic E-state index is -0.237. The van der Waals surface area contributed by atoms with Gasteiger partial charge in [0.25, 0.3) is 5.91 Å². The van der Waals surface area contributed by atoms with Crippen LogP contribution in [-0.2, 0) is 4.79 Å². The van der Waals surface area contributed by atoms with Gasteiger partial charge in [-0.05, 0) is 44.0 Å². The molecule has 8 heteroatoms. The van der Waals surface area contributed by atoms with Crippen LogP contribution in [-0.4, -0.2) is 57.1 Å². The van der Waals surface area contributed by atoms with Crippen molar-refractivity contribution in [2.24, 2.45) is 5.92 Å². The minimum absolute atomic E-state index is 0. The van der Waals surface area contributed by atoms with E-state index < -0.39 is 0 Å². The molecular weight excluding hydrogens is 370 g/mol. The van der Waals surface area contributed by atoms with Crippen LogP contribution in [0.15, 0.2) is 12.1 Å². The Morgan fingerprint density at radius 3 is 2.37 bits per heavy atom. The zero-order valence-electron chi connectivity index (χ0n) is 16.5. The molecule has 2 N–H and O–H groups in total. The number of ether oxygens (including phenoxy) is 2. The second-order valence-corrected chi connectivity index (χ2v) is 6.48. The summed E-state index contributed by atoms with van der Waals surface area (Å²) in [4.78, 5) is 26.3. The molecular formula is C19H30ClN3O4. The predicted molar refractivity (Wildman–Crippen MR) is 108 cm³/mol. The molecule has 0 spiro atoms. The second kappa shape index (κ2) is 11.0. The summed E-state index contributed by atoms with van der Waals surface area (Å²) in [5.41, 5.74) is 0.918. The van der Waals surface area contributed by atoms with Crippen LogP contribution in [0.25, 0.3) is 0 Å². The lowest BCUT2D eigenvalue weighted by Crippen LogP contribution is -2.40. The molecule has 1 aliphatic heterocycles. The van der Waals surface area contributed by atoms with Crippen LogP contribution in [0.2, 0.25) is 0 Å². The molecule has 0 aliphatic carbocycles. The summed E-state index contributed by atoms with van der Waals surface area (Å²) in [6, 6.07) is 3.31. The summed E-state index contributed by atoms with van der Waals surface area (Å²) >= 11 is 0. The smallest absolute Gasteiger partial charge is 0.254 e. The number of benzene rings is 1. The standard InChI is InChI=1S/C19H29N3O4.ClH/c1-5-20-12-14-6-8-22(9-7-14)19(24)15-10-16(21-13(2)23)18(26-4)17(11-15)25-3;/h10-11,14,20H,5-9,12H2,1-4H3,(H,21,23);1H. The Morgan fingerprint density at radius 2 is 1.85 bits per heavy atom. The number of carbonyl (C=O) groups excluding carboxylic acids is 2. The van der Waals surface area contributed by atoms with Crippen molar-refractivity contribution in [3.8, 4) is 11.5 Å². The van der Waals surface area contributed by atoms with E-state index in [-0.39, 0.29) is 24.2 Å². The quantitative estimate of drug-likeness (QED) is 0.736. The van der Waals surface area contributed by atoms with Gasteiger partial charge in [-0.3, -0.25) is 9.59 Å². The first-order valence-electron chi connectivity index (χ1n) is 9.03. The Labute approximate surface area is 167 Å². The van der Waals surface area contributed by atoms with Crippen LogP contribution in [0.4, 0.5) is 5.69 Å². The van der Waals surface area contributed by atoms with Crippen molar-refractivity contribution in [3.05, 3.63) is 17.7 Å². The Kier molecular flexibility index (Phi) is 9.38. The molecule has 0 aromatic heterocycles. The van der Waals surface area contributed by atoms with E-state index in [1.54, 1.807) is 12.1 Å². The van der Waals surface area contributed by atoms with Gasteiger partial charge in [0, 0.05) is 25.6 Å². The van der Waals surface area contributed by atoms with Gasteiger partial charge in [-0.25, -0.2) is 0 Å². The number of methoxy groups -OCH3 is 2. The normalized spacial score (nSPS) is 14.3. The van der Waals surface area contributed by atoms with Crippen LogP contribution in [0.1, 0.15) is 37.0 Å². The zero-order valence-corrected chi connectivity index (χ0v) is 17.3. The predicted octanol–water partition coefficient (Wildman–Crippen LogP) is 2.55. The number of halogens is 1. The van der Waals surface area contributed by atoms with E-state index in [0.29, 0.717) is 28.7 Å². The number of piperidine rings is 1. The van der Waals surface area contributed by atoms with E-state index in [0.717, 1.165) is 39.0 Å². The van der Waals surface area contributed by atoms with Crippen LogP contribution < -0.4 is 20.1 Å². The van der Waals surface area contributed by atoms with Crippen LogP contribution in [0.5, 0.6) is 11.5 Å². The first-order valence-corrected chi connectivity index (χ1v) is 9.03. The molecule has 1 aromatic carbocycles. The van der Waals surface area contributed by atoms with Gasteiger partial charge in [0.2, 0.25) is 5.91 Å². The van der Waals surface area contributed by atoms with Crippen molar-refractivity contribution >= 4 is 29.9 Å². The lowest BCUT2D eigenvalue weighted by Gasteiger charge is -2.32. The molecule has 0 radical (unpaired) electrons. The molecule has 0 unspecified atom stereocenters. The number of hydrogen-bond donors (Lipinski definition) is 2. The minimum Gasteiger partial charge on any atom is -0.493 e. The maximum Gasteiger partial charge on any atom is 0.254 e. The van der Waals surface area contributed by atoms with Gasteiger partial charge >= 0.3 is 0 Å². The Hall–Kier alpha value is -1.99. The van der Waals surface area contributed by atoms with Crippen molar-refractivity contribution in [2.75, 3.05) is 45.7 Å². The summed E-state index contributed by atoms with van der Waals surface area (Å²) in [6.45, 7) is 6.95. The Balaban J connectivity index is 0.00000364. The molecule has 2 rings (SSSR count). The number of hydrogen-bond acceptors (Lipinski definition) is 5. The average Bonchev–Trinajstić information content (AvgIpc) is 2.65. The molecule has 1 fully saturated rings. The number of likely N-dealkylation sites (tertiary alicyclic amines) is 1. The molecule has 7 nitrogen and oxygen atoms in total. The highest BCUT2D eigenvalue weighted by molar-refractivity contribution is 5.99. The summed E-state index contributed by atoms with van der Waals surface area (Å²) in [5.74, 6) is 1.14. The highest BCUT2D eigenvalue weighted by Gasteiger charge is 2.25. The SMILES string of the molecule is CCNCC1CCN(C(=O)c2cc(NC(C)=O)c(OC)c(OC)c2)CC1.Cl. The second-order valence-electron chi connectivity index (χ2n) is 6.48. The first-order chi connectivity index (χ1) is 12.5. The molecule has 1 saturated heterocycles. The Bertz CT molecular complexity index is 646. The van der Waals surface area contributed by atoms with Crippen LogP contribution in [0, 0.1) is 5.92 Å². The summed E-state index contributed by atoms with van der Waals surface area (Å²) in [5, 5.41) is 6.08. The first kappa shape index (κ1) is 23.0. The van der Waals surface area contributed by atoms with Crippen molar-refractivity contribution in [1.82, 2.24) is 10.2 Å². The lowest BCUT2D eigenvalue weighted by molar-refractivity contribution is -0.114. The third kappa shape index (κ3) is 6.01. The summed E-state index contributed by atoms with van der Waals surface area (Å²) < 4.78 is 10.7. The number of carbonyl (C=O) groups is 2. The third-order valence-electron chi connectivity index (χ3n) is 4.62. The number of nitrogens with one attached hydrogen (secondary N) is 2. The third-order valence-corrected chi connectivity index (χ3v) is 4.62. The van der Waals surface area contributed by atoms with E-state index >= 15 is 0 Å². The summed E-state index contributed by atoms with van der Waals surface area (Å²) in [7, 11) is 3.01. The topological polar surface area (TPSA) is 79.9 Å². The number of rotatable bonds is 7. The van der Waals surface area contributed by atoms with Crippen molar-refractivity contribution < 1.29 is 19.1 Å². The van der Waals surface area contributed by atoms with Gasteiger partial charge in [-0.2, -0.15) is 0 Å². The molecule has 0 saturated carbocycles. The largest absolute Gasteiger partial charge is 0.493 e. The molecule has 1 aliphatic rings. The summed E-state index contributed by atoms with van der Waals surface area (Å²) in [6.07, 6.45) is 1.98. The van der Waals surface area contributed by atoms with E-state index in [1.165, 1.54) is 21.1 Å². The molecule has 0 atom stereocenters. The highest BCUT2D eigenvalue weighted by Crippen LogP contribution is 2.37. The van der Waals surface area contributed by atoms with E-state index in [1.807, 2.05) is 4.90 Å². The fourth-order valence-corrected chi connectivity index (χ4v) is 3.24. The molecule has 0 bridgehead atoms. The average molecular weight is 400 g/mol. The molecule has 1 heterocycles. The van der Waals surface area contributed by atoms with E-state index in [4.69, 9.17) is 9.47 Å². The number of anilines is 1. The highest BCUT2D eigenvalue weighted by atomic mass is 35.5. The zero-order chi connectivity index (χ0) is 19.1. The van der Waals surface area contributed by atoms with Gasteiger partial charge in [0.1, 0.15) is 0 Å². The monoisotopic (exact) mass is 399 g/mol. The lowest BCUT2D eigenvalue weighted by atomic mass is 9.96. The van der Waals surface area contributed by atoms with Gasteiger partial charge in [0.15, 0.2) is 11.5 Å². The maximum absolute atomic E-state index is 12.9.